The Morgan fingerprint density at radius 1 is 1.06 bits per heavy atom. The molecule has 0 aromatic carbocycles. The zero-order valence-electron chi connectivity index (χ0n) is 19.1. The fraction of sp³-hybridized carbons (Fsp3) is 0.792. The number of alkyl halides is 3. The largest absolute Gasteiger partial charge is 0.452 e. The molecule has 2 N–H and O–H groups in total. The van der Waals surface area contributed by atoms with E-state index in [2.05, 4.69) is 30.6 Å². The first-order chi connectivity index (χ1) is 14.7. The lowest BCUT2D eigenvalue weighted by Gasteiger charge is -2.58. The number of fused-ring (bicyclic) bond motifs is 5. The Kier molecular flexibility index (Phi) is 5.33. The Hall–Kier alpha value is -1.86. The molecule has 2 unspecified atom stereocenters. The van der Waals surface area contributed by atoms with Gasteiger partial charge in [0.2, 0.25) is 11.8 Å². The van der Waals surface area contributed by atoms with Crippen LogP contribution in [-0.4, -0.2) is 35.4 Å². The van der Waals surface area contributed by atoms with Crippen molar-refractivity contribution in [3.05, 3.63) is 12.2 Å². The van der Waals surface area contributed by atoms with Gasteiger partial charge < -0.3 is 10.6 Å². The maximum absolute atomic E-state index is 13.2. The van der Waals surface area contributed by atoms with Crippen LogP contribution in [0.1, 0.15) is 66.2 Å². The molecule has 4 aliphatic rings. The van der Waals surface area contributed by atoms with E-state index < -0.39 is 29.3 Å². The number of carbonyl (C=O) groups excluding carboxylic acids is 3. The van der Waals surface area contributed by atoms with Crippen LogP contribution in [0, 0.1) is 34.5 Å². The standard InChI is InChI=1S/C24H33F3N2O3/c1-21(2,20(32)24(25,26)27)29-19(31)16-7-6-14-13-5-8-17-23(4,12-10-18(30)28-17)15(13)9-11-22(14,16)3/h10,12-17H,5-9,11H2,1-4H3,(H,28,30)(H,29,31)/t13-,14-,15+,16?,17?,22-,23+/m0/s1. The van der Waals surface area contributed by atoms with E-state index in [1.165, 1.54) is 0 Å². The lowest BCUT2D eigenvalue weighted by molar-refractivity contribution is -0.178. The third kappa shape index (κ3) is 3.48. The molecule has 3 saturated carbocycles. The molecule has 8 heteroatoms. The predicted molar refractivity (Wildman–Crippen MR) is 112 cm³/mol. The molecule has 0 aromatic heterocycles. The van der Waals surface area contributed by atoms with Gasteiger partial charge >= 0.3 is 6.18 Å². The van der Waals surface area contributed by atoms with Gasteiger partial charge in [0.25, 0.3) is 5.78 Å². The summed E-state index contributed by atoms with van der Waals surface area (Å²) in [6.45, 7) is 6.57. The van der Waals surface area contributed by atoms with E-state index in [9.17, 15) is 27.6 Å². The van der Waals surface area contributed by atoms with Gasteiger partial charge in [-0.05, 0) is 81.6 Å². The fourth-order valence-electron chi connectivity index (χ4n) is 7.57. The number of Topliss-reactive ketones (excluding diaryl/α,β-unsaturated/α-hetero) is 1. The number of amides is 2. The Balaban J connectivity index is 1.53. The summed E-state index contributed by atoms with van der Waals surface area (Å²) in [6, 6.07) is 0.125. The molecule has 32 heavy (non-hydrogen) atoms. The summed E-state index contributed by atoms with van der Waals surface area (Å²) < 4.78 is 38.9. The molecule has 3 fully saturated rings. The van der Waals surface area contributed by atoms with Crippen molar-refractivity contribution in [3.63, 3.8) is 0 Å². The van der Waals surface area contributed by atoms with Crippen LogP contribution in [0.2, 0.25) is 0 Å². The van der Waals surface area contributed by atoms with Crippen LogP contribution in [0.3, 0.4) is 0 Å². The predicted octanol–water partition coefficient (Wildman–Crippen LogP) is 3.93. The van der Waals surface area contributed by atoms with Gasteiger partial charge in [0, 0.05) is 17.4 Å². The number of carbonyl (C=O) groups is 3. The van der Waals surface area contributed by atoms with Gasteiger partial charge in [-0.1, -0.05) is 19.9 Å². The molecule has 3 aliphatic carbocycles. The quantitative estimate of drug-likeness (QED) is 0.679. The number of hydrogen-bond donors (Lipinski definition) is 2. The number of rotatable bonds is 3. The Labute approximate surface area is 187 Å². The van der Waals surface area contributed by atoms with Crippen LogP contribution in [0.15, 0.2) is 12.2 Å². The molecule has 0 bridgehead atoms. The third-order valence-electron chi connectivity index (χ3n) is 9.26. The normalized spacial score (nSPS) is 41.2. The molecule has 4 rings (SSSR count). The molecule has 0 aromatic rings. The molecule has 7 atom stereocenters. The van der Waals surface area contributed by atoms with Crippen LogP contribution in [0.5, 0.6) is 0 Å². The topological polar surface area (TPSA) is 75.3 Å². The second-order valence-corrected chi connectivity index (χ2v) is 11.3. The highest BCUT2D eigenvalue weighted by Crippen LogP contribution is 2.65. The first-order valence-corrected chi connectivity index (χ1v) is 11.6. The highest BCUT2D eigenvalue weighted by atomic mass is 19.4. The van der Waals surface area contributed by atoms with Crippen molar-refractivity contribution in [2.24, 2.45) is 34.5 Å². The number of ketones is 1. The van der Waals surface area contributed by atoms with Gasteiger partial charge in [0.05, 0.1) is 0 Å². The van der Waals surface area contributed by atoms with Gasteiger partial charge in [-0.3, -0.25) is 14.4 Å². The van der Waals surface area contributed by atoms with Crippen molar-refractivity contribution in [3.8, 4) is 0 Å². The highest BCUT2D eigenvalue weighted by molar-refractivity contribution is 5.96. The van der Waals surface area contributed by atoms with Crippen LogP contribution in [0.25, 0.3) is 0 Å². The minimum absolute atomic E-state index is 0.0415. The molecule has 1 aliphatic heterocycles. The van der Waals surface area contributed by atoms with Crippen molar-refractivity contribution >= 4 is 17.6 Å². The summed E-state index contributed by atoms with van der Waals surface area (Å²) in [5.74, 6) is -1.69. The van der Waals surface area contributed by atoms with Crippen molar-refractivity contribution < 1.29 is 27.6 Å². The highest BCUT2D eigenvalue weighted by Gasteiger charge is 2.61. The van der Waals surface area contributed by atoms with E-state index in [1.54, 1.807) is 6.08 Å². The number of halogens is 3. The summed E-state index contributed by atoms with van der Waals surface area (Å²) in [4.78, 5) is 36.8. The maximum Gasteiger partial charge on any atom is 0.452 e. The second-order valence-electron chi connectivity index (χ2n) is 11.3. The second kappa shape index (κ2) is 7.32. The van der Waals surface area contributed by atoms with E-state index in [0.717, 1.165) is 46.0 Å². The molecular formula is C24H33F3N2O3. The number of hydrogen-bond acceptors (Lipinski definition) is 3. The van der Waals surface area contributed by atoms with E-state index in [1.807, 2.05) is 0 Å². The maximum atomic E-state index is 13.2. The van der Waals surface area contributed by atoms with Gasteiger partial charge in [0.15, 0.2) is 0 Å². The average Bonchev–Trinajstić information content (AvgIpc) is 3.04. The molecule has 0 radical (unpaired) electrons. The summed E-state index contributed by atoms with van der Waals surface area (Å²) >= 11 is 0. The molecule has 2 amide bonds. The first-order valence-electron chi connectivity index (χ1n) is 11.6. The average molecular weight is 455 g/mol. The Morgan fingerprint density at radius 2 is 1.75 bits per heavy atom. The van der Waals surface area contributed by atoms with Crippen molar-refractivity contribution in [1.82, 2.24) is 10.6 Å². The molecule has 1 heterocycles. The van der Waals surface area contributed by atoms with Crippen molar-refractivity contribution in [2.45, 2.75) is 84.0 Å². The molecule has 0 saturated heterocycles. The first kappa shape index (κ1) is 23.3. The zero-order chi connectivity index (χ0) is 23.7. The Morgan fingerprint density at radius 3 is 2.41 bits per heavy atom. The fourth-order valence-corrected chi connectivity index (χ4v) is 7.57. The van der Waals surface area contributed by atoms with Crippen LogP contribution in [0.4, 0.5) is 13.2 Å². The van der Waals surface area contributed by atoms with Gasteiger partial charge in [-0.25, -0.2) is 0 Å². The monoisotopic (exact) mass is 454 g/mol. The SMILES string of the molecule is CC(C)(NC(=O)C1CC[C@H]2[C@@H]3CCC4NC(=O)C=C[C@]4(C)[C@@H]3CC[C@]12C)C(=O)C(F)(F)F. The van der Waals surface area contributed by atoms with Crippen molar-refractivity contribution in [1.29, 1.82) is 0 Å². The smallest absolute Gasteiger partial charge is 0.349 e. The van der Waals surface area contributed by atoms with E-state index in [0.29, 0.717) is 24.2 Å². The minimum Gasteiger partial charge on any atom is -0.349 e. The van der Waals surface area contributed by atoms with E-state index in [4.69, 9.17) is 0 Å². The van der Waals surface area contributed by atoms with Gasteiger partial charge in [-0.15, -0.1) is 0 Å². The number of nitrogens with one attached hydrogen (secondary N) is 2. The van der Waals surface area contributed by atoms with Crippen molar-refractivity contribution in [2.75, 3.05) is 0 Å². The van der Waals surface area contributed by atoms with E-state index >= 15 is 0 Å². The third-order valence-corrected chi connectivity index (χ3v) is 9.26. The van der Waals surface area contributed by atoms with E-state index in [-0.39, 0.29) is 22.8 Å². The lowest BCUT2D eigenvalue weighted by atomic mass is 9.48. The van der Waals surface area contributed by atoms with Crippen LogP contribution >= 0.6 is 0 Å². The molecule has 5 nitrogen and oxygen atoms in total. The van der Waals surface area contributed by atoms with Gasteiger partial charge in [0.1, 0.15) is 5.54 Å². The summed E-state index contributed by atoms with van der Waals surface area (Å²) in [6.07, 6.45) is 3.80. The summed E-state index contributed by atoms with van der Waals surface area (Å²) in [7, 11) is 0. The molecule has 0 spiro atoms. The Bertz CT molecular complexity index is 867. The molecule has 178 valence electrons. The zero-order valence-corrected chi connectivity index (χ0v) is 19.1. The minimum atomic E-state index is -4.99. The lowest BCUT2D eigenvalue weighted by Crippen LogP contribution is -2.60. The molecular weight excluding hydrogens is 421 g/mol. The van der Waals surface area contributed by atoms with Crippen LogP contribution < -0.4 is 10.6 Å². The summed E-state index contributed by atoms with van der Waals surface area (Å²) in [5.41, 5.74) is -2.40. The van der Waals surface area contributed by atoms with Gasteiger partial charge in [-0.2, -0.15) is 13.2 Å². The summed E-state index contributed by atoms with van der Waals surface area (Å²) in [5, 5.41) is 5.55. The van der Waals surface area contributed by atoms with Crippen LogP contribution in [-0.2, 0) is 14.4 Å².